The van der Waals surface area contributed by atoms with E-state index in [9.17, 15) is 48.3 Å². The Labute approximate surface area is 178 Å². The molecular formula is C19H27F11O2. The van der Waals surface area contributed by atoms with Crippen molar-refractivity contribution in [1.29, 1.82) is 0 Å². The van der Waals surface area contributed by atoms with Gasteiger partial charge in [0, 0.05) is 26.2 Å². The summed E-state index contributed by atoms with van der Waals surface area (Å²) in [5.41, 5.74) is 0. The number of alkyl halides is 11. The lowest BCUT2D eigenvalue weighted by atomic mass is 9.94. The molecule has 32 heavy (non-hydrogen) atoms. The molecule has 192 valence electrons. The highest BCUT2D eigenvalue weighted by Gasteiger charge is 2.86. The lowest BCUT2D eigenvalue weighted by molar-refractivity contribution is -0.422. The normalized spacial score (nSPS) is 19.4. The predicted octanol–water partition coefficient (Wildman–Crippen LogP) is 7.41. The molecule has 0 amide bonds. The molecule has 1 saturated heterocycles. The molecule has 0 N–H and O–H groups in total. The average molecular weight is 496 g/mol. The number of hydrogen-bond donors (Lipinski definition) is 0. The summed E-state index contributed by atoms with van der Waals surface area (Å²) in [5, 5.41) is 0. The summed E-state index contributed by atoms with van der Waals surface area (Å²) in [6.45, 7) is 1.56. The highest BCUT2D eigenvalue weighted by Crippen LogP contribution is 2.58. The molecule has 13 heteroatoms. The Morgan fingerprint density at radius 3 is 1.81 bits per heavy atom. The fraction of sp³-hybridized carbons (Fsp3) is 1.00. The summed E-state index contributed by atoms with van der Waals surface area (Å²) >= 11 is 0. The molecule has 0 aliphatic carbocycles. The van der Waals surface area contributed by atoms with E-state index in [1.807, 2.05) is 0 Å². The van der Waals surface area contributed by atoms with Gasteiger partial charge in [-0.1, -0.05) is 19.3 Å². The van der Waals surface area contributed by atoms with Crippen LogP contribution in [0.4, 0.5) is 48.3 Å². The smallest absolute Gasteiger partial charge is 0.381 e. The van der Waals surface area contributed by atoms with Crippen LogP contribution >= 0.6 is 0 Å². The van der Waals surface area contributed by atoms with Gasteiger partial charge in [0.1, 0.15) is 0 Å². The molecule has 1 aliphatic rings. The first kappa shape index (κ1) is 29.2. The summed E-state index contributed by atoms with van der Waals surface area (Å²) in [4.78, 5) is 0. The van der Waals surface area contributed by atoms with Crippen LogP contribution in [-0.4, -0.2) is 55.8 Å². The van der Waals surface area contributed by atoms with Gasteiger partial charge in [0.2, 0.25) is 0 Å². The molecule has 0 bridgehead atoms. The topological polar surface area (TPSA) is 18.5 Å². The summed E-state index contributed by atoms with van der Waals surface area (Å²) in [5.74, 6) is -27.3. The number of ether oxygens (including phenoxy) is 2. The Morgan fingerprint density at radius 1 is 0.656 bits per heavy atom. The van der Waals surface area contributed by atoms with E-state index in [4.69, 9.17) is 9.47 Å². The van der Waals surface area contributed by atoms with Gasteiger partial charge in [-0.3, -0.25) is 0 Å². The van der Waals surface area contributed by atoms with E-state index in [1.54, 1.807) is 0 Å². The van der Waals surface area contributed by atoms with E-state index in [2.05, 4.69) is 0 Å². The van der Waals surface area contributed by atoms with Gasteiger partial charge >= 0.3 is 29.9 Å². The van der Waals surface area contributed by atoms with Gasteiger partial charge in [-0.15, -0.1) is 0 Å². The highest BCUT2D eigenvalue weighted by molar-refractivity contribution is 5.06. The van der Waals surface area contributed by atoms with Crippen LogP contribution < -0.4 is 0 Å². The Kier molecular flexibility index (Phi) is 10.5. The zero-order valence-corrected chi connectivity index (χ0v) is 17.2. The van der Waals surface area contributed by atoms with Crippen LogP contribution in [0.1, 0.15) is 64.2 Å². The van der Waals surface area contributed by atoms with E-state index in [1.165, 1.54) is 0 Å². The SMILES string of the molecule is FC(F)(F)C(F)(F)C(F)(F)C(F)(F)C(F)(F)CCCCCCCOCCC1CCCCO1. The van der Waals surface area contributed by atoms with Gasteiger partial charge in [-0.05, 0) is 38.5 Å². The molecule has 1 fully saturated rings. The summed E-state index contributed by atoms with van der Waals surface area (Å²) < 4.78 is 153. The maximum absolute atomic E-state index is 13.5. The second-order valence-corrected chi connectivity index (χ2v) is 7.83. The molecule has 0 aromatic heterocycles. The number of unbranched alkanes of at least 4 members (excludes halogenated alkanes) is 4. The van der Waals surface area contributed by atoms with Gasteiger partial charge in [-0.2, -0.15) is 48.3 Å². The van der Waals surface area contributed by atoms with E-state index < -0.39 is 42.7 Å². The minimum absolute atomic E-state index is 0.122. The van der Waals surface area contributed by atoms with Gasteiger partial charge in [0.25, 0.3) is 0 Å². The third-order valence-corrected chi connectivity index (χ3v) is 5.24. The Bertz CT molecular complexity index is 544. The van der Waals surface area contributed by atoms with Crippen molar-refractivity contribution >= 4 is 0 Å². The highest BCUT2D eigenvalue weighted by atomic mass is 19.4. The lowest BCUT2D eigenvalue weighted by Gasteiger charge is -2.37. The van der Waals surface area contributed by atoms with Crippen molar-refractivity contribution in [2.24, 2.45) is 0 Å². The Morgan fingerprint density at radius 2 is 1.25 bits per heavy atom. The van der Waals surface area contributed by atoms with Crippen LogP contribution in [0.5, 0.6) is 0 Å². The first-order valence-electron chi connectivity index (χ1n) is 10.4. The van der Waals surface area contributed by atoms with Crippen molar-refractivity contribution in [2.75, 3.05) is 19.8 Å². The molecule has 0 spiro atoms. The number of rotatable bonds is 14. The van der Waals surface area contributed by atoms with Crippen molar-refractivity contribution in [1.82, 2.24) is 0 Å². The molecule has 1 unspecified atom stereocenters. The fourth-order valence-corrected chi connectivity index (χ4v) is 3.20. The van der Waals surface area contributed by atoms with E-state index in [0.29, 0.717) is 26.1 Å². The van der Waals surface area contributed by atoms with Crippen molar-refractivity contribution in [3.8, 4) is 0 Å². The third kappa shape index (κ3) is 7.07. The minimum Gasteiger partial charge on any atom is -0.381 e. The van der Waals surface area contributed by atoms with Gasteiger partial charge in [0.15, 0.2) is 0 Å². The lowest BCUT2D eigenvalue weighted by Crippen LogP contribution is -2.66. The van der Waals surface area contributed by atoms with E-state index in [0.717, 1.165) is 32.3 Å². The van der Waals surface area contributed by atoms with Crippen LogP contribution in [0.2, 0.25) is 0 Å². The number of halogens is 11. The van der Waals surface area contributed by atoms with Crippen molar-refractivity contribution in [2.45, 2.75) is 100 Å². The van der Waals surface area contributed by atoms with Gasteiger partial charge < -0.3 is 9.47 Å². The quantitative estimate of drug-likeness (QED) is 0.184. The summed E-state index contributed by atoms with van der Waals surface area (Å²) in [7, 11) is 0. The second-order valence-electron chi connectivity index (χ2n) is 7.83. The monoisotopic (exact) mass is 496 g/mol. The zero-order valence-electron chi connectivity index (χ0n) is 17.2. The fourth-order valence-electron chi connectivity index (χ4n) is 3.20. The van der Waals surface area contributed by atoms with Gasteiger partial charge in [0.05, 0.1) is 6.10 Å². The molecule has 0 aromatic carbocycles. The van der Waals surface area contributed by atoms with Crippen molar-refractivity contribution in [3.05, 3.63) is 0 Å². The Hall–Kier alpha value is -0.850. The second kappa shape index (κ2) is 11.5. The third-order valence-electron chi connectivity index (χ3n) is 5.24. The van der Waals surface area contributed by atoms with Gasteiger partial charge in [-0.25, -0.2) is 0 Å². The summed E-state index contributed by atoms with van der Waals surface area (Å²) in [6, 6.07) is 0. The molecular weight excluding hydrogens is 469 g/mol. The van der Waals surface area contributed by atoms with E-state index >= 15 is 0 Å². The molecule has 0 saturated carbocycles. The summed E-state index contributed by atoms with van der Waals surface area (Å²) in [6.07, 6.45) is -4.76. The first-order chi connectivity index (χ1) is 14.6. The predicted molar refractivity (Wildman–Crippen MR) is 92.6 cm³/mol. The van der Waals surface area contributed by atoms with Crippen LogP contribution in [0.15, 0.2) is 0 Å². The zero-order chi connectivity index (χ0) is 24.7. The Balaban J connectivity index is 2.30. The standard InChI is InChI=1S/C19H27F11O2/c20-15(21,16(22,23)17(24,25)18(26,27)19(28,29)30)10-5-2-1-3-6-11-31-13-9-14-8-4-7-12-32-14/h14H,1-13H2. The average Bonchev–Trinajstić information content (AvgIpc) is 2.68. The number of hydrogen-bond acceptors (Lipinski definition) is 2. The molecule has 1 heterocycles. The van der Waals surface area contributed by atoms with Crippen molar-refractivity contribution in [3.63, 3.8) is 0 Å². The minimum atomic E-state index is -7.32. The largest absolute Gasteiger partial charge is 0.460 e. The maximum Gasteiger partial charge on any atom is 0.460 e. The molecule has 0 aromatic rings. The van der Waals surface area contributed by atoms with Crippen LogP contribution in [0, 0.1) is 0 Å². The van der Waals surface area contributed by atoms with Crippen molar-refractivity contribution < 1.29 is 57.8 Å². The first-order valence-corrected chi connectivity index (χ1v) is 10.4. The van der Waals surface area contributed by atoms with E-state index in [-0.39, 0.29) is 18.9 Å². The molecule has 1 aliphatic heterocycles. The van der Waals surface area contributed by atoms with Crippen LogP contribution in [-0.2, 0) is 9.47 Å². The van der Waals surface area contributed by atoms with Crippen LogP contribution in [0.25, 0.3) is 0 Å². The van der Waals surface area contributed by atoms with Crippen LogP contribution in [0.3, 0.4) is 0 Å². The molecule has 2 nitrogen and oxygen atoms in total. The molecule has 1 rings (SSSR count). The molecule has 1 atom stereocenters. The molecule has 0 radical (unpaired) electrons. The maximum atomic E-state index is 13.5.